The van der Waals surface area contributed by atoms with E-state index in [1.165, 1.54) is 16.2 Å². The number of anilines is 1. The molecule has 0 unspecified atom stereocenters. The van der Waals surface area contributed by atoms with Crippen LogP contribution in [0.2, 0.25) is 0 Å². The van der Waals surface area contributed by atoms with Gasteiger partial charge >= 0.3 is 0 Å². The molecule has 172 valence electrons. The zero-order valence-corrected chi connectivity index (χ0v) is 20.1. The zero-order chi connectivity index (χ0) is 23.5. The quantitative estimate of drug-likeness (QED) is 0.572. The monoisotopic (exact) mass is 464 g/mol. The van der Waals surface area contributed by atoms with E-state index in [4.69, 9.17) is 4.74 Å². The Bertz CT molecular complexity index is 1190. The number of likely N-dealkylation sites (N-methyl/N-ethyl adjacent to an activating group) is 1. The Hall–Kier alpha value is -3.23. The third-order valence-electron chi connectivity index (χ3n) is 5.80. The second-order valence-electron chi connectivity index (χ2n) is 8.34. The second-order valence-corrected chi connectivity index (χ2v) is 9.42. The summed E-state index contributed by atoms with van der Waals surface area (Å²) in [5, 5.41) is 6.56. The van der Waals surface area contributed by atoms with Gasteiger partial charge in [-0.05, 0) is 62.4 Å². The van der Waals surface area contributed by atoms with Crippen LogP contribution < -0.4 is 15.4 Å². The molecule has 2 aromatic carbocycles. The molecule has 4 rings (SSSR count). The lowest BCUT2D eigenvalue weighted by Crippen LogP contribution is -2.27. The number of fused-ring (bicyclic) bond motifs is 1. The van der Waals surface area contributed by atoms with Gasteiger partial charge in [0.05, 0.1) is 18.8 Å². The minimum Gasteiger partial charge on any atom is -0.496 e. The van der Waals surface area contributed by atoms with Crippen LogP contribution in [0.3, 0.4) is 0 Å². The van der Waals surface area contributed by atoms with E-state index in [0.29, 0.717) is 16.3 Å². The van der Waals surface area contributed by atoms with Crippen LogP contribution in [0, 0.1) is 6.92 Å². The highest BCUT2D eigenvalue weighted by molar-refractivity contribution is 7.15. The van der Waals surface area contributed by atoms with Crippen molar-refractivity contribution in [3.8, 4) is 5.75 Å². The van der Waals surface area contributed by atoms with E-state index in [2.05, 4.69) is 27.6 Å². The van der Waals surface area contributed by atoms with Gasteiger partial charge in [-0.15, -0.1) is 11.3 Å². The highest BCUT2D eigenvalue weighted by Gasteiger charge is 2.20. The van der Waals surface area contributed by atoms with Gasteiger partial charge in [-0.2, -0.15) is 0 Å². The summed E-state index contributed by atoms with van der Waals surface area (Å²) in [6.45, 7) is 5.64. The van der Waals surface area contributed by atoms with E-state index >= 15 is 0 Å². The van der Waals surface area contributed by atoms with Gasteiger partial charge in [0, 0.05) is 35.5 Å². The maximum Gasteiger partial charge on any atom is 0.257 e. The fourth-order valence-corrected chi connectivity index (χ4v) is 4.96. The van der Waals surface area contributed by atoms with Gasteiger partial charge in [-0.1, -0.05) is 12.1 Å². The lowest BCUT2D eigenvalue weighted by molar-refractivity contribution is 0.0939. The summed E-state index contributed by atoms with van der Waals surface area (Å²) in [6, 6.07) is 12.4. The summed E-state index contributed by atoms with van der Waals surface area (Å²) in [7, 11) is 3.69. The maximum atomic E-state index is 12.9. The zero-order valence-electron chi connectivity index (χ0n) is 19.3. The number of benzene rings is 2. The van der Waals surface area contributed by atoms with Gasteiger partial charge in [0.25, 0.3) is 11.8 Å². The Morgan fingerprint density at radius 3 is 2.70 bits per heavy atom. The first-order valence-corrected chi connectivity index (χ1v) is 11.7. The van der Waals surface area contributed by atoms with Gasteiger partial charge in [0.15, 0.2) is 5.13 Å². The molecule has 0 spiro atoms. The number of rotatable bonds is 6. The van der Waals surface area contributed by atoms with Gasteiger partial charge in [-0.3, -0.25) is 14.9 Å². The Kier molecular flexibility index (Phi) is 6.76. The Morgan fingerprint density at radius 1 is 1.15 bits per heavy atom. The predicted molar refractivity (Wildman–Crippen MR) is 130 cm³/mol. The van der Waals surface area contributed by atoms with Crippen molar-refractivity contribution >= 4 is 28.3 Å². The van der Waals surface area contributed by atoms with Crippen LogP contribution >= 0.6 is 11.3 Å². The van der Waals surface area contributed by atoms with Crippen molar-refractivity contribution in [2.24, 2.45) is 0 Å². The average Bonchev–Trinajstić information content (AvgIpc) is 3.20. The fourth-order valence-electron chi connectivity index (χ4n) is 3.88. The molecule has 0 bridgehead atoms. The summed E-state index contributed by atoms with van der Waals surface area (Å²) in [6.07, 6.45) is 0.901. The molecule has 0 saturated heterocycles. The van der Waals surface area contributed by atoms with Crippen molar-refractivity contribution in [1.29, 1.82) is 0 Å². The third kappa shape index (κ3) is 5.23. The molecule has 8 heteroatoms. The molecule has 0 fully saturated rings. The summed E-state index contributed by atoms with van der Waals surface area (Å²) in [5.41, 5.74) is 3.91. The molecule has 2 amide bonds. The number of aryl methyl sites for hydroxylation is 1. The summed E-state index contributed by atoms with van der Waals surface area (Å²) in [5.74, 6) is 0.355. The minimum atomic E-state index is -0.268. The Morgan fingerprint density at radius 2 is 1.94 bits per heavy atom. The molecule has 1 atom stereocenters. The number of hydrogen-bond acceptors (Lipinski definition) is 6. The smallest absolute Gasteiger partial charge is 0.257 e. The maximum absolute atomic E-state index is 12.9. The number of ether oxygens (including phenoxy) is 1. The number of nitrogens with zero attached hydrogens (tertiary/aromatic N) is 2. The predicted octanol–water partition coefficient (Wildman–Crippen LogP) is 4.19. The van der Waals surface area contributed by atoms with Gasteiger partial charge in [-0.25, -0.2) is 4.98 Å². The van der Waals surface area contributed by atoms with E-state index in [-0.39, 0.29) is 17.9 Å². The highest BCUT2D eigenvalue weighted by Crippen LogP contribution is 2.28. The van der Waals surface area contributed by atoms with Crippen LogP contribution in [0.4, 0.5) is 5.13 Å². The van der Waals surface area contributed by atoms with Crippen molar-refractivity contribution in [3.05, 3.63) is 75.3 Å². The largest absolute Gasteiger partial charge is 0.496 e. The van der Waals surface area contributed by atoms with Crippen molar-refractivity contribution in [2.45, 2.75) is 32.9 Å². The minimum absolute atomic E-state index is 0.179. The third-order valence-corrected chi connectivity index (χ3v) is 6.79. The van der Waals surface area contributed by atoms with E-state index in [1.54, 1.807) is 37.4 Å². The van der Waals surface area contributed by atoms with Crippen LogP contribution in [0.15, 0.2) is 42.5 Å². The lowest BCUT2D eigenvalue weighted by atomic mass is 10.0. The second kappa shape index (κ2) is 9.72. The number of carbonyl (C=O) groups excluding carboxylic acids is 2. The van der Waals surface area contributed by atoms with Crippen LogP contribution in [0.25, 0.3) is 0 Å². The molecule has 0 radical (unpaired) electrons. The first kappa shape index (κ1) is 22.9. The number of aromatic nitrogens is 1. The molecule has 2 N–H and O–H groups in total. The number of nitrogens with one attached hydrogen (secondary N) is 2. The van der Waals surface area contributed by atoms with Crippen molar-refractivity contribution in [2.75, 3.05) is 26.0 Å². The van der Waals surface area contributed by atoms with Crippen LogP contribution in [0.5, 0.6) is 5.75 Å². The summed E-state index contributed by atoms with van der Waals surface area (Å²) in [4.78, 5) is 33.6. The fraction of sp³-hybridized carbons (Fsp3) is 0.320. The molecule has 1 aromatic heterocycles. The van der Waals surface area contributed by atoms with Gasteiger partial charge in [0.2, 0.25) is 0 Å². The van der Waals surface area contributed by atoms with Crippen LogP contribution in [-0.2, 0) is 13.0 Å². The van der Waals surface area contributed by atoms with Crippen LogP contribution in [-0.4, -0.2) is 42.4 Å². The van der Waals surface area contributed by atoms with E-state index in [1.807, 2.05) is 26.0 Å². The van der Waals surface area contributed by atoms with Crippen molar-refractivity contribution < 1.29 is 14.3 Å². The summed E-state index contributed by atoms with van der Waals surface area (Å²) >= 11 is 1.53. The molecular formula is C25H28N4O3S. The molecule has 0 aliphatic carbocycles. The topological polar surface area (TPSA) is 83.6 Å². The molecule has 2 heterocycles. The normalized spacial score (nSPS) is 14.3. The standard InChI is InChI=1S/C25H28N4O3S/c1-15-12-19(8-9-21(15)32-4)23(30)26-16(2)17-6-5-7-18(13-17)24(31)28-25-27-20-10-11-29(3)14-22(20)33-25/h5-9,12-13,16H,10-11,14H2,1-4H3,(H,26,30)(H,27,28,31)/t16-/m0/s1. The molecule has 33 heavy (non-hydrogen) atoms. The number of amides is 2. The van der Waals surface area contributed by atoms with E-state index in [0.717, 1.165) is 42.1 Å². The molecular weight excluding hydrogens is 436 g/mol. The van der Waals surface area contributed by atoms with Gasteiger partial charge < -0.3 is 15.0 Å². The lowest BCUT2D eigenvalue weighted by Gasteiger charge is -2.20. The number of methoxy groups -OCH3 is 1. The van der Waals surface area contributed by atoms with E-state index in [9.17, 15) is 9.59 Å². The number of carbonyl (C=O) groups is 2. The first-order chi connectivity index (χ1) is 15.8. The summed E-state index contributed by atoms with van der Waals surface area (Å²) < 4.78 is 5.26. The van der Waals surface area contributed by atoms with Crippen molar-refractivity contribution in [1.82, 2.24) is 15.2 Å². The SMILES string of the molecule is COc1ccc(C(=O)N[C@@H](C)c2cccc(C(=O)Nc3nc4c(s3)CN(C)CC4)c2)cc1C. The Labute approximate surface area is 197 Å². The first-order valence-electron chi connectivity index (χ1n) is 10.9. The molecule has 3 aromatic rings. The Balaban J connectivity index is 1.43. The molecule has 1 aliphatic heterocycles. The van der Waals surface area contributed by atoms with Gasteiger partial charge in [0.1, 0.15) is 5.75 Å². The van der Waals surface area contributed by atoms with E-state index < -0.39 is 0 Å². The highest BCUT2D eigenvalue weighted by atomic mass is 32.1. The number of thiazole rings is 1. The molecule has 0 saturated carbocycles. The average molecular weight is 465 g/mol. The van der Waals surface area contributed by atoms with Crippen LogP contribution in [0.1, 0.15) is 55.4 Å². The molecule has 1 aliphatic rings. The number of hydrogen-bond donors (Lipinski definition) is 2. The van der Waals surface area contributed by atoms with Crippen molar-refractivity contribution in [3.63, 3.8) is 0 Å². The molecule has 7 nitrogen and oxygen atoms in total.